The molecule has 0 aliphatic carbocycles. The molecule has 19 heavy (non-hydrogen) atoms. The van der Waals surface area contributed by atoms with E-state index in [1.807, 2.05) is 13.0 Å². The van der Waals surface area contributed by atoms with E-state index in [1.54, 1.807) is 17.8 Å². The van der Waals surface area contributed by atoms with Crippen LogP contribution in [-0.4, -0.2) is 15.7 Å². The van der Waals surface area contributed by atoms with Crippen LogP contribution < -0.4 is 11.1 Å². The molecule has 0 spiro atoms. The zero-order valence-electron chi connectivity index (χ0n) is 10.4. The molecule has 0 bridgehead atoms. The van der Waals surface area contributed by atoms with Crippen molar-refractivity contribution in [2.45, 2.75) is 6.92 Å². The number of aryl methyl sites for hydroxylation is 1. The van der Waals surface area contributed by atoms with Crippen LogP contribution in [0.3, 0.4) is 0 Å². The Labute approximate surface area is 127 Å². The number of rotatable bonds is 2. The molecule has 0 saturated carbocycles. The molecule has 5 nitrogen and oxygen atoms in total. The number of aromatic nitrogens is 2. The molecule has 3 N–H and O–H groups in total. The highest BCUT2D eigenvalue weighted by atomic mass is 79.9. The highest BCUT2D eigenvalue weighted by Crippen LogP contribution is 2.32. The summed E-state index contributed by atoms with van der Waals surface area (Å²) in [5.74, 6) is -0.236. The number of nitrogen functional groups attached to an aromatic ring is 1. The zero-order chi connectivity index (χ0) is 14.2. The maximum Gasteiger partial charge on any atom is 0.259 e. The van der Waals surface area contributed by atoms with Gasteiger partial charge in [0.15, 0.2) is 0 Å². The third kappa shape index (κ3) is 2.82. The molecule has 0 saturated heterocycles. The van der Waals surface area contributed by atoms with Crippen molar-refractivity contribution in [3.63, 3.8) is 0 Å². The van der Waals surface area contributed by atoms with E-state index in [0.29, 0.717) is 21.4 Å². The van der Waals surface area contributed by atoms with Crippen LogP contribution in [0.15, 0.2) is 27.3 Å². The molecule has 0 aliphatic rings. The predicted molar refractivity (Wildman–Crippen MR) is 82.2 cm³/mol. The molecule has 1 aromatic heterocycles. The lowest BCUT2D eigenvalue weighted by Crippen LogP contribution is -2.14. The van der Waals surface area contributed by atoms with Gasteiger partial charge in [-0.05, 0) is 35.0 Å². The Hall–Kier alpha value is -1.34. The van der Waals surface area contributed by atoms with Crippen molar-refractivity contribution in [3.05, 3.63) is 38.5 Å². The Morgan fingerprint density at radius 2 is 2.11 bits per heavy atom. The fraction of sp³-hybridized carbons (Fsp3) is 0.167. The first-order chi connectivity index (χ1) is 8.90. The van der Waals surface area contributed by atoms with E-state index in [4.69, 9.17) is 5.73 Å². The summed E-state index contributed by atoms with van der Waals surface area (Å²) in [6.45, 7) is 1.84. The van der Waals surface area contributed by atoms with Crippen molar-refractivity contribution in [2.24, 2.45) is 7.05 Å². The van der Waals surface area contributed by atoms with Crippen molar-refractivity contribution < 1.29 is 4.79 Å². The largest absolute Gasteiger partial charge is 0.397 e. The summed E-state index contributed by atoms with van der Waals surface area (Å²) >= 11 is 6.71. The van der Waals surface area contributed by atoms with Gasteiger partial charge in [-0.1, -0.05) is 15.9 Å². The van der Waals surface area contributed by atoms with Crippen molar-refractivity contribution in [1.82, 2.24) is 9.78 Å². The van der Waals surface area contributed by atoms with Crippen molar-refractivity contribution >= 4 is 49.1 Å². The highest BCUT2D eigenvalue weighted by Gasteiger charge is 2.15. The van der Waals surface area contributed by atoms with Crippen molar-refractivity contribution in [3.8, 4) is 0 Å². The van der Waals surface area contributed by atoms with Crippen LogP contribution in [0.2, 0.25) is 0 Å². The van der Waals surface area contributed by atoms with Gasteiger partial charge in [-0.3, -0.25) is 9.48 Å². The van der Waals surface area contributed by atoms with Gasteiger partial charge in [0.05, 0.1) is 23.1 Å². The van der Waals surface area contributed by atoms with Crippen LogP contribution in [0, 0.1) is 6.92 Å². The van der Waals surface area contributed by atoms with Crippen LogP contribution in [-0.2, 0) is 7.05 Å². The summed E-state index contributed by atoms with van der Waals surface area (Å²) < 4.78 is 3.20. The van der Waals surface area contributed by atoms with Crippen molar-refractivity contribution in [2.75, 3.05) is 11.1 Å². The molecule has 2 aromatic rings. The van der Waals surface area contributed by atoms with E-state index in [0.717, 1.165) is 10.2 Å². The normalized spacial score (nSPS) is 10.5. The van der Waals surface area contributed by atoms with E-state index in [1.165, 1.54) is 6.20 Å². The lowest BCUT2D eigenvalue weighted by atomic mass is 10.2. The Balaban J connectivity index is 2.32. The molecule has 1 aromatic carbocycles. The van der Waals surface area contributed by atoms with Gasteiger partial charge in [-0.2, -0.15) is 5.10 Å². The molecular formula is C12H12Br2N4O. The first-order valence-electron chi connectivity index (χ1n) is 5.44. The number of carbonyl (C=O) groups is 1. The summed E-state index contributed by atoms with van der Waals surface area (Å²) in [5, 5.41) is 6.83. The van der Waals surface area contributed by atoms with E-state index in [9.17, 15) is 4.79 Å². The fourth-order valence-electron chi connectivity index (χ4n) is 1.63. The molecular weight excluding hydrogens is 376 g/mol. The molecule has 0 aliphatic heterocycles. The quantitative estimate of drug-likeness (QED) is 0.777. The van der Waals surface area contributed by atoms with Crippen LogP contribution in [0.4, 0.5) is 11.4 Å². The lowest BCUT2D eigenvalue weighted by molar-refractivity contribution is 0.102. The minimum absolute atomic E-state index is 0.236. The summed E-state index contributed by atoms with van der Waals surface area (Å²) in [7, 11) is 1.79. The zero-order valence-corrected chi connectivity index (χ0v) is 13.5. The Bertz CT molecular complexity index is 628. The van der Waals surface area contributed by atoms with Gasteiger partial charge in [0.1, 0.15) is 0 Å². The Morgan fingerprint density at radius 1 is 1.42 bits per heavy atom. The lowest BCUT2D eigenvalue weighted by Gasteiger charge is -2.10. The van der Waals surface area contributed by atoms with Gasteiger partial charge in [0.2, 0.25) is 0 Å². The van der Waals surface area contributed by atoms with Gasteiger partial charge >= 0.3 is 0 Å². The number of nitrogens with one attached hydrogen (secondary N) is 1. The number of amides is 1. The number of hydrogen-bond donors (Lipinski definition) is 2. The van der Waals surface area contributed by atoms with Crippen LogP contribution in [0.25, 0.3) is 0 Å². The molecule has 1 heterocycles. The number of halogens is 2. The summed E-state index contributed by atoms with van der Waals surface area (Å²) in [4.78, 5) is 12.2. The second kappa shape index (κ2) is 5.34. The van der Waals surface area contributed by atoms with E-state index < -0.39 is 0 Å². The summed E-state index contributed by atoms with van der Waals surface area (Å²) in [5.41, 5.74) is 8.25. The van der Waals surface area contributed by atoms with Crippen LogP contribution in [0.1, 0.15) is 16.1 Å². The number of anilines is 2. The molecule has 2 rings (SSSR count). The maximum atomic E-state index is 12.2. The smallest absolute Gasteiger partial charge is 0.259 e. The molecule has 0 atom stereocenters. The Kier molecular flexibility index (Phi) is 3.96. The number of nitrogens with two attached hydrogens (primary N) is 1. The molecule has 0 fully saturated rings. The minimum Gasteiger partial charge on any atom is -0.397 e. The highest BCUT2D eigenvalue weighted by molar-refractivity contribution is 9.11. The topological polar surface area (TPSA) is 72.9 Å². The van der Waals surface area contributed by atoms with E-state index in [2.05, 4.69) is 42.3 Å². The van der Waals surface area contributed by atoms with Gasteiger partial charge in [-0.25, -0.2) is 0 Å². The first-order valence-corrected chi connectivity index (χ1v) is 7.03. The molecule has 0 radical (unpaired) electrons. The molecule has 7 heteroatoms. The van der Waals surface area contributed by atoms with E-state index in [-0.39, 0.29) is 5.91 Å². The van der Waals surface area contributed by atoms with Gasteiger partial charge in [-0.15, -0.1) is 0 Å². The average Bonchev–Trinajstić information content (AvgIpc) is 2.64. The molecule has 100 valence electrons. The number of hydrogen-bond acceptors (Lipinski definition) is 3. The Morgan fingerprint density at radius 3 is 2.63 bits per heavy atom. The second-order valence-corrected chi connectivity index (χ2v) is 5.84. The van der Waals surface area contributed by atoms with Gasteiger partial charge in [0, 0.05) is 21.7 Å². The number of nitrogens with zero attached hydrogens (tertiary/aromatic N) is 2. The minimum atomic E-state index is -0.236. The molecule has 1 amide bonds. The van der Waals surface area contributed by atoms with Crippen LogP contribution in [0.5, 0.6) is 0 Å². The first kappa shape index (κ1) is 14.1. The van der Waals surface area contributed by atoms with Gasteiger partial charge < -0.3 is 11.1 Å². The van der Waals surface area contributed by atoms with Gasteiger partial charge in [0.25, 0.3) is 5.91 Å². The summed E-state index contributed by atoms with van der Waals surface area (Å²) in [6.07, 6.45) is 1.54. The monoisotopic (exact) mass is 386 g/mol. The fourth-order valence-corrected chi connectivity index (χ4v) is 2.99. The molecule has 0 unspecified atom stereocenters. The maximum absolute atomic E-state index is 12.2. The second-order valence-electron chi connectivity index (χ2n) is 4.07. The number of benzene rings is 1. The van der Waals surface area contributed by atoms with Crippen LogP contribution >= 0.6 is 31.9 Å². The third-order valence-electron chi connectivity index (χ3n) is 2.80. The van der Waals surface area contributed by atoms with Crippen molar-refractivity contribution in [1.29, 1.82) is 0 Å². The predicted octanol–water partition coefficient (Wildman–Crippen LogP) is 3.09. The SMILES string of the molecule is Cc1c(C(=O)Nc2c(N)cc(Br)cc2Br)cnn1C. The summed E-state index contributed by atoms with van der Waals surface area (Å²) in [6, 6.07) is 3.55. The van der Waals surface area contributed by atoms with E-state index >= 15 is 0 Å². The standard InChI is InChI=1S/C12H12Br2N4O/c1-6-8(5-16-18(6)2)12(19)17-11-9(14)3-7(13)4-10(11)15/h3-5H,15H2,1-2H3,(H,17,19). The average molecular weight is 388 g/mol. The third-order valence-corrected chi connectivity index (χ3v) is 3.89. The number of carbonyl (C=O) groups excluding carboxylic acids is 1.